The van der Waals surface area contributed by atoms with Crippen LogP contribution >= 0.6 is 0 Å². The predicted octanol–water partition coefficient (Wildman–Crippen LogP) is 9.98. The van der Waals surface area contributed by atoms with Crippen molar-refractivity contribution in [3.05, 3.63) is 134 Å². The van der Waals surface area contributed by atoms with Gasteiger partial charge in [-0.3, -0.25) is 10.2 Å². The molecule has 0 amide bonds. The first kappa shape index (κ1) is 44.9. The number of hydrogen-bond donors (Lipinski definition) is 4. The van der Waals surface area contributed by atoms with E-state index in [0.717, 1.165) is 53.3 Å². The van der Waals surface area contributed by atoms with E-state index in [9.17, 15) is 23.7 Å². The Balaban J connectivity index is 0.000000204. The zero-order valence-electron chi connectivity index (χ0n) is 35.4. The van der Waals surface area contributed by atoms with Gasteiger partial charge in [0, 0.05) is 30.2 Å². The average molecular weight is 846 g/mol. The van der Waals surface area contributed by atoms with Gasteiger partial charge in [-0.1, -0.05) is 84.5 Å². The zero-order valence-corrected chi connectivity index (χ0v) is 35.4. The highest BCUT2D eigenvalue weighted by atomic mass is 19.4. The van der Waals surface area contributed by atoms with Gasteiger partial charge in [0.25, 0.3) is 0 Å². The molecule has 0 saturated carbocycles. The molecule has 0 aliphatic carbocycles. The van der Waals surface area contributed by atoms with E-state index in [0.29, 0.717) is 47.1 Å². The van der Waals surface area contributed by atoms with Crippen molar-refractivity contribution in [2.24, 2.45) is 23.3 Å². The smallest absolute Gasteiger partial charge is 0.416 e. The Kier molecular flexibility index (Phi) is 12.3. The lowest BCUT2D eigenvalue weighted by molar-refractivity contribution is -0.137. The zero-order chi connectivity index (χ0) is 44.0. The number of aromatic amines is 2. The summed E-state index contributed by atoms with van der Waals surface area (Å²) in [6.07, 6.45) is -1.80. The number of aromatic nitrogens is 4. The Labute approximate surface area is 361 Å². The molecule has 11 nitrogen and oxygen atoms in total. The third-order valence-corrected chi connectivity index (χ3v) is 12.4. The number of ether oxygens (including phenoxy) is 2. The third kappa shape index (κ3) is 7.21. The summed E-state index contributed by atoms with van der Waals surface area (Å²) in [6.45, 7) is 15.2. The van der Waals surface area contributed by atoms with Crippen LogP contribution in [0, 0.1) is 48.3 Å². The predicted molar refractivity (Wildman–Crippen MR) is 234 cm³/mol. The molecule has 6 N–H and O–H groups in total. The molecule has 1 fully saturated rings. The Hall–Kier alpha value is -6.67. The second-order valence-corrected chi connectivity index (χ2v) is 16.5. The fourth-order valence-corrected chi connectivity index (χ4v) is 9.61. The molecule has 5 aromatic rings. The summed E-state index contributed by atoms with van der Waals surface area (Å²) in [4.78, 5) is 1.95. The van der Waals surface area contributed by atoms with Gasteiger partial charge in [-0.05, 0) is 97.0 Å². The van der Waals surface area contributed by atoms with Crippen molar-refractivity contribution in [1.29, 1.82) is 10.5 Å². The number of nitrogens with two attached hydrogens (primary N) is 2. The molecule has 0 radical (unpaired) electrons. The quantitative estimate of drug-likeness (QED) is 0.124. The van der Waals surface area contributed by atoms with Crippen molar-refractivity contribution in [2.75, 3.05) is 18.0 Å². The second-order valence-electron chi connectivity index (χ2n) is 16.5. The summed E-state index contributed by atoms with van der Waals surface area (Å²) in [5.41, 5.74) is 18.4. The molecular weight excluding hydrogens is 792 g/mol. The lowest BCUT2D eigenvalue weighted by Gasteiger charge is -2.41. The van der Waals surface area contributed by atoms with Crippen molar-refractivity contribution in [3.8, 4) is 35.0 Å². The Morgan fingerprint density at radius 3 is 1.71 bits per heavy atom. The third-order valence-electron chi connectivity index (χ3n) is 12.4. The number of benzene rings is 3. The lowest BCUT2D eigenvalue weighted by Crippen LogP contribution is -2.41. The van der Waals surface area contributed by atoms with E-state index >= 15 is 0 Å². The normalized spacial score (nSPS) is 19.4. The number of H-pyrrole nitrogens is 2. The highest BCUT2D eigenvalue weighted by molar-refractivity contribution is 5.70. The first-order valence-electron chi connectivity index (χ1n) is 20.5. The summed E-state index contributed by atoms with van der Waals surface area (Å²) in [7, 11) is 0. The minimum atomic E-state index is -4.54. The van der Waals surface area contributed by atoms with Crippen molar-refractivity contribution in [2.45, 2.75) is 92.2 Å². The van der Waals surface area contributed by atoms with Crippen LogP contribution in [0.25, 0.3) is 11.1 Å². The van der Waals surface area contributed by atoms with Crippen LogP contribution < -0.4 is 25.8 Å². The molecule has 2 aromatic heterocycles. The van der Waals surface area contributed by atoms with Crippen LogP contribution in [-0.2, 0) is 23.4 Å². The number of allylic oxidation sites excluding steroid dienone is 2. The molecule has 3 aromatic carbocycles. The molecule has 3 aliphatic heterocycles. The number of nitrogens with zero attached hydrogens (tertiary/aromatic N) is 5. The maximum absolute atomic E-state index is 13.9. The van der Waals surface area contributed by atoms with Gasteiger partial charge in [0.05, 0.1) is 27.5 Å². The molecule has 0 bridgehead atoms. The van der Waals surface area contributed by atoms with Gasteiger partial charge >= 0.3 is 6.18 Å². The van der Waals surface area contributed by atoms with E-state index in [1.54, 1.807) is 13.0 Å². The molecule has 3 aliphatic rings. The SMILES string of the molecule is C.CCc1cc(-c2ccccc2)cc(C2(C(C)C)C(C#N)=C(N)Oc3n[nH]c(C)c32)c1.Cc1[nH]nc2c1C(c1cc(N3CCCC3)cc(C(F)(F)F)c1)(C(C)C)C(C#N)=C(N)O2. The topological polar surface area (TPSA) is 179 Å². The Bertz CT molecular complexity index is 2620. The summed E-state index contributed by atoms with van der Waals surface area (Å²) in [5.74, 6) is 0.335. The van der Waals surface area contributed by atoms with Gasteiger partial charge in [-0.2, -0.15) is 23.7 Å². The van der Waals surface area contributed by atoms with E-state index < -0.39 is 22.6 Å². The van der Waals surface area contributed by atoms with E-state index in [4.69, 9.17) is 20.9 Å². The van der Waals surface area contributed by atoms with Crippen molar-refractivity contribution >= 4 is 5.69 Å². The maximum Gasteiger partial charge on any atom is 0.416 e. The molecular formula is C48H54F3N9O2. The summed E-state index contributed by atoms with van der Waals surface area (Å²) in [6, 6.07) is 25.5. The van der Waals surface area contributed by atoms with Crippen LogP contribution in [0.4, 0.5) is 18.9 Å². The van der Waals surface area contributed by atoms with E-state index in [1.807, 2.05) is 43.9 Å². The van der Waals surface area contributed by atoms with E-state index in [1.165, 1.54) is 11.6 Å². The van der Waals surface area contributed by atoms with Crippen LogP contribution in [0.3, 0.4) is 0 Å². The fourth-order valence-electron chi connectivity index (χ4n) is 9.61. The van der Waals surface area contributed by atoms with Crippen molar-refractivity contribution < 1.29 is 22.6 Å². The minimum Gasteiger partial charge on any atom is -0.420 e. The molecule has 14 heteroatoms. The summed E-state index contributed by atoms with van der Waals surface area (Å²) < 4.78 is 53.1. The number of nitrogens with one attached hydrogen (secondary N) is 2. The minimum absolute atomic E-state index is 0. The summed E-state index contributed by atoms with van der Waals surface area (Å²) in [5, 5.41) is 34.6. The number of alkyl halides is 3. The number of halogens is 3. The van der Waals surface area contributed by atoms with Crippen LogP contribution in [-0.4, -0.2) is 33.5 Å². The van der Waals surface area contributed by atoms with Crippen molar-refractivity contribution in [3.63, 3.8) is 0 Å². The van der Waals surface area contributed by atoms with Crippen LogP contribution in [0.15, 0.2) is 89.6 Å². The standard InChI is InChI=1S/C25H26N4O.C22H24F3N5O.CH4/c1-5-17-11-19(18-9-7-6-8-10-18)13-20(12-17)25(15(2)3)21(14-26)23(27)30-24-22(25)16(4)28-29-24;1-12(2)21(17(11-26)19(27)31-20-18(21)13(3)28-29-20)14-8-15(22(23,24)25)10-16(9-14)30-6-4-5-7-30;/h6-13,15H,5,27H2,1-4H3,(H,28,29);8-10,12H,4-7,27H2,1-3H3,(H,28,29);1H4. The number of aryl methyl sites for hydroxylation is 3. The highest BCUT2D eigenvalue weighted by Crippen LogP contribution is 2.55. The van der Waals surface area contributed by atoms with Gasteiger partial charge in [-0.25, -0.2) is 0 Å². The van der Waals surface area contributed by atoms with Gasteiger partial charge in [0.2, 0.25) is 23.5 Å². The highest BCUT2D eigenvalue weighted by Gasteiger charge is 2.52. The molecule has 1 saturated heterocycles. The Morgan fingerprint density at radius 2 is 1.26 bits per heavy atom. The van der Waals surface area contributed by atoms with Gasteiger partial charge in [0.15, 0.2) is 0 Å². The number of fused-ring (bicyclic) bond motifs is 2. The largest absolute Gasteiger partial charge is 0.420 e. The number of nitriles is 2. The van der Waals surface area contributed by atoms with Crippen LogP contribution in [0.1, 0.15) is 99.7 Å². The van der Waals surface area contributed by atoms with Gasteiger partial charge in [0.1, 0.15) is 23.3 Å². The van der Waals surface area contributed by atoms with Gasteiger partial charge in [-0.15, -0.1) is 10.2 Å². The molecule has 324 valence electrons. The maximum atomic E-state index is 13.9. The van der Waals surface area contributed by atoms with Gasteiger partial charge < -0.3 is 25.8 Å². The average Bonchev–Trinajstić information content (AvgIpc) is 4.00. The molecule has 8 rings (SSSR count). The molecule has 5 heterocycles. The fraction of sp³-hybridized carbons (Fsp3) is 0.375. The first-order valence-corrected chi connectivity index (χ1v) is 20.5. The van der Waals surface area contributed by atoms with E-state index in [2.05, 4.69) is 83.6 Å². The molecule has 2 atom stereocenters. The molecule has 62 heavy (non-hydrogen) atoms. The van der Waals surface area contributed by atoms with Crippen LogP contribution in [0.5, 0.6) is 11.8 Å². The number of rotatable bonds is 7. The number of hydrogen-bond acceptors (Lipinski definition) is 9. The molecule has 0 spiro atoms. The van der Waals surface area contributed by atoms with Crippen LogP contribution in [0.2, 0.25) is 0 Å². The lowest BCUT2D eigenvalue weighted by atomic mass is 9.61. The Morgan fingerprint density at radius 1 is 0.758 bits per heavy atom. The first-order chi connectivity index (χ1) is 29.0. The summed E-state index contributed by atoms with van der Waals surface area (Å²) >= 11 is 0. The second kappa shape index (κ2) is 17.0. The molecule has 2 unspecified atom stereocenters. The number of anilines is 1. The van der Waals surface area contributed by atoms with E-state index in [-0.39, 0.29) is 42.5 Å². The monoisotopic (exact) mass is 845 g/mol. The van der Waals surface area contributed by atoms with Crippen molar-refractivity contribution in [1.82, 2.24) is 20.4 Å².